The SMILES string of the molecule is CN1CCCC(N(C)C(=O)c2cccnc2NN)C1. The maximum absolute atomic E-state index is 12.5. The Labute approximate surface area is 113 Å². The van der Waals surface area contributed by atoms with Crippen LogP contribution in [0.5, 0.6) is 0 Å². The van der Waals surface area contributed by atoms with Gasteiger partial charge in [-0.25, -0.2) is 10.8 Å². The zero-order valence-electron chi connectivity index (χ0n) is 11.5. The first-order chi connectivity index (χ1) is 9.13. The zero-order valence-corrected chi connectivity index (χ0v) is 11.5. The first kappa shape index (κ1) is 13.8. The largest absolute Gasteiger partial charge is 0.337 e. The lowest BCUT2D eigenvalue weighted by molar-refractivity contribution is 0.0644. The van der Waals surface area contributed by atoms with Gasteiger partial charge in [0.1, 0.15) is 0 Å². The Hall–Kier alpha value is -1.66. The van der Waals surface area contributed by atoms with Gasteiger partial charge in [0.25, 0.3) is 5.91 Å². The van der Waals surface area contributed by atoms with E-state index in [2.05, 4.69) is 22.4 Å². The number of carbonyl (C=O) groups excluding carboxylic acids is 1. The maximum atomic E-state index is 12.5. The topological polar surface area (TPSA) is 74.5 Å². The van der Waals surface area contributed by atoms with E-state index in [0.717, 1.165) is 25.9 Å². The first-order valence-corrected chi connectivity index (χ1v) is 6.51. The first-order valence-electron chi connectivity index (χ1n) is 6.51. The van der Waals surface area contributed by atoms with Crippen LogP contribution in [0.2, 0.25) is 0 Å². The number of hydrazine groups is 1. The summed E-state index contributed by atoms with van der Waals surface area (Å²) < 4.78 is 0. The van der Waals surface area contributed by atoms with E-state index in [9.17, 15) is 4.79 Å². The molecule has 1 aliphatic rings. The second-order valence-electron chi connectivity index (χ2n) is 5.02. The summed E-state index contributed by atoms with van der Waals surface area (Å²) in [6.45, 7) is 2.01. The number of pyridine rings is 1. The number of nitrogens with two attached hydrogens (primary N) is 1. The molecule has 0 spiro atoms. The van der Waals surface area contributed by atoms with Crippen LogP contribution in [0.3, 0.4) is 0 Å². The summed E-state index contributed by atoms with van der Waals surface area (Å²) in [4.78, 5) is 20.6. The highest BCUT2D eigenvalue weighted by Crippen LogP contribution is 2.18. The van der Waals surface area contributed by atoms with Crippen LogP contribution in [0.4, 0.5) is 5.82 Å². The van der Waals surface area contributed by atoms with E-state index in [4.69, 9.17) is 5.84 Å². The van der Waals surface area contributed by atoms with Crippen molar-refractivity contribution in [2.45, 2.75) is 18.9 Å². The summed E-state index contributed by atoms with van der Waals surface area (Å²) in [6, 6.07) is 3.74. The Morgan fingerprint density at radius 1 is 1.63 bits per heavy atom. The lowest BCUT2D eigenvalue weighted by Gasteiger charge is -2.36. The van der Waals surface area contributed by atoms with Gasteiger partial charge >= 0.3 is 0 Å². The van der Waals surface area contributed by atoms with Crippen molar-refractivity contribution in [2.75, 3.05) is 32.6 Å². The van der Waals surface area contributed by atoms with Gasteiger partial charge in [0, 0.05) is 25.8 Å². The summed E-state index contributed by atoms with van der Waals surface area (Å²) >= 11 is 0. The van der Waals surface area contributed by atoms with Crippen molar-refractivity contribution in [3.05, 3.63) is 23.9 Å². The molecule has 0 aromatic carbocycles. The number of likely N-dealkylation sites (N-methyl/N-ethyl adjacent to an activating group) is 2. The summed E-state index contributed by atoms with van der Waals surface area (Å²) in [5, 5.41) is 0. The van der Waals surface area contributed by atoms with Crippen molar-refractivity contribution < 1.29 is 4.79 Å². The van der Waals surface area contributed by atoms with Crippen LogP contribution in [0, 0.1) is 0 Å². The van der Waals surface area contributed by atoms with Crippen LogP contribution < -0.4 is 11.3 Å². The van der Waals surface area contributed by atoms with Gasteiger partial charge in [0.2, 0.25) is 0 Å². The van der Waals surface area contributed by atoms with Crippen molar-refractivity contribution in [3.63, 3.8) is 0 Å². The van der Waals surface area contributed by atoms with E-state index in [-0.39, 0.29) is 11.9 Å². The van der Waals surface area contributed by atoms with E-state index < -0.39 is 0 Å². The minimum absolute atomic E-state index is 0.0404. The molecule has 2 rings (SSSR count). The van der Waals surface area contributed by atoms with E-state index >= 15 is 0 Å². The monoisotopic (exact) mass is 263 g/mol. The lowest BCUT2D eigenvalue weighted by atomic mass is 10.0. The number of aromatic nitrogens is 1. The van der Waals surface area contributed by atoms with Crippen LogP contribution >= 0.6 is 0 Å². The lowest BCUT2D eigenvalue weighted by Crippen LogP contribution is -2.47. The number of amides is 1. The van der Waals surface area contributed by atoms with Crippen molar-refractivity contribution >= 4 is 11.7 Å². The number of rotatable bonds is 3. The van der Waals surface area contributed by atoms with Crippen molar-refractivity contribution in [3.8, 4) is 0 Å². The molecule has 1 unspecified atom stereocenters. The van der Waals surface area contributed by atoms with Crippen LogP contribution in [0.1, 0.15) is 23.2 Å². The Morgan fingerprint density at radius 2 is 2.42 bits per heavy atom. The molecule has 1 atom stereocenters. The standard InChI is InChI=1S/C13H21N5O/c1-17-8-4-5-10(9-17)18(2)13(19)11-6-3-7-15-12(11)16-14/h3,6-7,10H,4-5,8-9,14H2,1-2H3,(H,15,16). The molecule has 0 saturated carbocycles. The molecule has 1 saturated heterocycles. The Morgan fingerprint density at radius 3 is 3.11 bits per heavy atom. The summed E-state index contributed by atoms with van der Waals surface area (Å²) in [6.07, 6.45) is 3.77. The second-order valence-corrected chi connectivity index (χ2v) is 5.02. The van der Waals surface area contributed by atoms with E-state index in [0.29, 0.717) is 11.4 Å². The Bertz CT molecular complexity index is 450. The summed E-state index contributed by atoms with van der Waals surface area (Å²) in [5.74, 6) is 5.78. The number of carbonyl (C=O) groups is 1. The molecule has 6 heteroatoms. The molecular formula is C13H21N5O. The van der Waals surface area contributed by atoms with Gasteiger partial charge in [-0.05, 0) is 38.6 Å². The number of piperidine rings is 1. The molecule has 3 N–H and O–H groups in total. The number of hydrogen-bond donors (Lipinski definition) is 2. The molecule has 0 aliphatic carbocycles. The number of anilines is 1. The Kier molecular flexibility index (Phi) is 4.34. The van der Waals surface area contributed by atoms with Crippen LogP contribution in [-0.2, 0) is 0 Å². The van der Waals surface area contributed by atoms with Crippen LogP contribution in [0.15, 0.2) is 18.3 Å². The number of nitrogens with zero attached hydrogens (tertiary/aromatic N) is 3. The summed E-state index contributed by atoms with van der Waals surface area (Å²) in [5.41, 5.74) is 2.99. The number of nitrogens with one attached hydrogen (secondary N) is 1. The van der Waals surface area contributed by atoms with E-state index in [1.54, 1.807) is 23.2 Å². The molecule has 0 radical (unpaired) electrons. The molecule has 1 amide bonds. The van der Waals surface area contributed by atoms with Crippen molar-refractivity contribution in [2.24, 2.45) is 5.84 Å². The minimum Gasteiger partial charge on any atom is -0.337 e. The minimum atomic E-state index is -0.0404. The van der Waals surface area contributed by atoms with Gasteiger partial charge < -0.3 is 15.2 Å². The normalized spacial score (nSPS) is 20.1. The highest BCUT2D eigenvalue weighted by atomic mass is 16.2. The predicted octanol–water partition coefficient (Wildman–Crippen LogP) is 0.533. The smallest absolute Gasteiger partial charge is 0.257 e. The predicted molar refractivity (Wildman–Crippen MR) is 74.7 cm³/mol. The molecule has 1 aromatic rings. The van der Waals surface area contributed by atoms with Crippen molar-refractivity contribution in [1.29, 1.82) is 0 Å². The number of nitrogen functional groups attached to an aromatic ring is 1. The van der Waals surface area contributed by atoms with E-state index in [1.165, 1.54) is 0 Å². The van der Waals surface area contributed by atoms with Crippen LogP contribution in [0.25, 0.3) is 0 Å². The highest BCUT2D eigenvalue weighted by Gasteiger charge is 2.26. The molecule has 1 aliphatic heterocycles. The van der Waals surface area contributed by atoms with Gasteiger partial charge in [0.15, 0.2) is 5.82 Å². The molecule has 104 valence electrons. The van der Waals surface area contributed by atoms with Gasteiger partial charge in [-0.3, -0.25) is 4.79 Å². The molecule has 19 heavy (non-hydrogen) atoms. The van der Waals surface area contributed by atoms with E-state index in [1.807, 2.05) is 7.05 Å². The third-order valence-corrected chi connectivity index (χ3v) is 3.64. The second kappa shape index (κ2) is 5.99. The molecule has 1 fully saturated rings. The summed E-state index contributed by atoms with van der Waals surface area (Å²) in [7, 11) is 3.93. The maximum Gasteiger partial charge on any atom is 0.257 e. The fourth-order valence-electron chi connectivity index (χ4n) is 2.50. The Balaban J connectivity index is 2.14. The molecular weight excluding hydrogens is 242 g/mol. The fraction of sp³-hybridized carbons (Fsp3) is 0.538. The molecule has 6 nitrogen and oxygen atoms in total. The third kappa shape index (κ3) is 3.02. The third-order valence-electron chi connectivity index (χ3n) is 3.64. The number of hydrogen-bond acceptors (Lipinski definition) is 5. The number of likely N-dealkylation sites (tertiary alicyclic amines) is 1. The fourth-order valence-corrected chi connectivity index (χ4v) is 2.50. The molecule has 0 bridgehead atoms. The molecule has 1 aromatic heterocycles. The van der Waals surface area contributed by atoms with Gasteiger partial charge in [-0.1, -0.05) is 0 Å². The van der Waals surface area contributed by atoms with Gasteiger partial charge in [0.05, 0.1) is 5.56 Å². The van der Waals surface area contributed by atoms with Crippen LogP contribution in [-0.4, -0.2) is 53.9 Å². The molecule has 2 heterocycles. The average molecular weight is 263 g/mol. The van der Waals surface area contributed by atoms with Gasteiger partial charge in [-0.2, -0.15) is 0 Å². The zero-order chi connectivity index (χ0) is 13.8. The van der Waals surface area contributed by atoms with Crippen molar-refractivity contribution in [1.82, 2.24) is 14.8 Å². The average Bonchev–Trinajstić information content (AvgIpc) is 2.45. The quantitative estimate of drug-likeness (QED) is 0.615. The van der Waals surface area contributed by atoms with Gasteiger partial charge in [-0.15, -0.1) is 0 Å². The highest BCUT2D eigenvalue weighted by molar-refractivity contribution is 5.98.